The van der Waals surface area contributed by atoms with Crippen molar-refractivity contribution in [1.29, 1.82) is 0 Å². The van der Waals surface area contributed by atoms with Crippen LogP contribution in [0.4, 0.5) is 19.3 Å². The highest BCUT2D eigenvalue weighted by molar-refractivity contribution is 6.34. The summed E-state index contributed by atoms with van der Waals surface area (Å²) in [6.07, 6.45) is 0.557. The van der Waals surface area contributed by atoms with Gasteiger partial charge in [0, 0.05) is 55.8 Å². The van der Waals surface area contributed by atoms with Crippen LogP contribution in [-0.2, 0) is 7.05 Å². The van der Waals surface area contributed by atoms with Gasteiger partial charge in [0.05, 0.1) is 41.7 Å². The summed E-state index contributed by atoms with van der Waals surface area (Å²) >= 11 is 6.42. The van der Waals surface area contributed by atoms with E-state index in [1.807, 2.05) is 19.0 Å². The number of aromatic nitrogens is 2. The highest BCUT2D eigenvalue weighted by Crippen LogP contribution is 2.45. The van der Waals surface area contributed by atoms with Gasteiger partial charge in [-0.3, -0.25) is 9.59 Å². The van der Waals surface area contributed by atoms with Crippen molar-refractivity contribution in [2.24, 2.45) is 18.9 Å². The second-order valence-corrected chi connectivity index (χ2v) is 12.3. The number of halogens is 3. The third kappa shape index (κ3) is 6.64. The Labute approximate surface area is 269 Å². The fraction of sp³-hybridized carbons (Fsp3) is 0.419. The van der Waals surface area contributed by atoms with Gasteiger partial charge in [0.1, 0.15) is 0 Å². The number of nitrogens with one attached hydrogen (secondary N) is 3. The van der Waals surface area contributed by atoms with Gasteiger partial charge in [0.2, 0.25) is 5.82 Å². The largest absolute Gasteiger partial charge is 0.494 e. The van der Waals surface area contributed by atoms with Crippen LogP contribution < -0.4 is 20.7 Å². The summed E-state index contributed by atoms with van der Waals surface area (Å²) in [7, 11) is 6.46. The number of aliphatic hydroxyl groups excluding tert-OH is 1. The molecule has 15 heteroatoms. The molecule has 4 N–H and O–H groups in total. The number of likely N-dealkylation sites (N-methyl/N-ethyl adjacent to an activating group) is 1. The molecule has 3 aromatic rings. The van der Waals surface area contributed by atoms with E-state index in [1.54, 1.807) is 11.8 Å². The van der Waals surface area contributed by atoms with Gasteiger partial charge in [0.15, 0.2) is 17.4 Å². The minimum absolute atomic E-state index is 0.0642. The molecule has 0 radical (unpaired) electrons. The first-order chi connectivity index (χ1) is 21.8. The average Bonchev–Trinajstić information content (AvgIpc) is 3.29. The third-order valence-electron chi connectivity index (χ3n) is 8.44. The highest BCUT2D eigenvalue weighted by Gasteiger charge is 2.57. The molecule has 1 saturated carbocycles. The molecule has 5 rings (SSSR count). The number of aliphatic hydroxyl groups is 1. The number of urea groups is 1. The second-order valence-electron chi connectivity index (χ2n) is 11.9. The Morgan fingerprint density at radius 3 is 2.43 bits per heavy atom. The Kier molecular flexibility index (Phi) is 9.52. The van der Waals surface area contributed by atoms with Crippen LogP contribution in [0, 0.1) is 23.5 Å². The van der Waals surface area contributed by atoms with Crippen LogP contribution in [-0.4, -0.2) is 101 Å². The molecule has 0 spiro atoms. The Bertz CT molecular complexity index is 1650. The molecule has 2 aromatic carbocycles. The lowest BCUT2D eigenvalue weighted by atomic mass is 10.1. The number of hydrogen-bond donors (Lipinski definition) is 4. The van der Waals surface area contributed by atoms with Crippen LogP contribution in [0.2, 0.25) is 5.02 Å². The Hall–Kier alpha value is -4.27. The van der Waals surface area contributed by atoms with Gasteiger partial charge in [0.25, 0.3) is 11.8 Å². The average molecular weight is 660 g/mol. The highest BCUT2D eigenvalue weighted by atomic mass is 35.5. The molecule has 1 saturated heterocycles. The third-order valence-corrected chi connectivity index (χ3v) is 8.75. The van der Waals surface area contributed by atoms with E-state index in [0.717, 1.165) is 0 Å². The zero-order valence-electron chi connectivity index (χ0n) is 26.0. The maximum absolute atomic E-state index is 14.6. The second kappa shape index (κ2) is 13.2. The number of methoxy groups -OCH3 is 1. The number of rotatable bonds is 10. The number of carbonyl (C=O) groups excluding carboxylic acids is 3. The molecule has 46 heavy (non-hydrogen) atoms. The number of imidazole rings is 1. The molecule has 1 aliphatic heterocycles. The number of piperidine rings is 1. The lowest BCUT2D eigenvalue weighted by molar-refractivity contribution is 0.0942. The molecule has 2 fully saturated rings. The zero-order chi connectivity index (χ0) is 33.4. The standard InChI is InChI=1S/C31H36ClF2N7O5/c1-15(42)22(14-39(2)3)37-31(45)41-12-19-20(13-41)27(19)38-29(43)17-7-6-16(10-21(17)32)36-30(44)28-35-11-23(40(28)4)18-8-9-24(46-5)26(34)25(18)33/h6-11,15,19-20,22,27,42H,12-14H2,1-5H3,(H,36,44)(H,37,45)(H,38,43)/t15?,19?,20?,22-,27?/m1/s1. The molecule has 12 nitrogen and oxygen atoms in total. The molecule has 0 bridgehead atoms. The van der Waals surface area contributed by atoms with Gasteiger partial charge in [-0.15, -0.1) is 0 Å². The van der Waals surface area contributed by atoms with Crippen molar-refractivity contribution in [2.45, 2.75) is 25.1 Å². The SMILES string of the molecule is COc1ccc(-c2cnc(C(=O)Nc3ccc(C(=O)NC4C5CN(C(=O)N[C@H](CN(C)C)C(C)O)CC54)c(Cl)c3)n2C)c(F)c1F. The van der Waals surface area contributed by atoms with Gasteiger partial charge >= 0.3 is 6.03 Å². The van der Waals surface area contributed by atoms with Crippen molar-refractivity contribution in [3.05, 3.63) is 64.6 Å². The predicted molar refractivity (Wildman–Crippen MR) is 167 cm³/mol. The van der Waals surface area contributed by atoms with E-state index in [4.69, 9.17) is 16.3 Å². The van der Waals surface area contributed by atoms with Gasteiger partial charge in [-0.1, -0.05) is 11.6 Å². The molecule has 2 aliphatic rings. The van der Waals surface area contributed by atoms with Crippen LogP contribution in [0.1, 0.15) is 27.9 Å². The fourth-order valence-corrected chi connectivity index (χ4v) is 6.09. The maximum atomic E-state index is 14.6. The number of likely N-dealkylation sites (tertiary alicyclic amines) is 1. The van der Waals surface area contributed by atoms with Crippen LogP contribution in [0.25, 0.3) is 11.3 Å². The number of fused-ring (bicyclic) bond motifs is 1. The summed E-state index contributed by atoms with van der Waals surface area (Å²) in [6.45, 7) is 3.12. The monoisotopic (exact) mass is 659 g/mol. The van der Waals surface area contributed by atoms with E-state index in [1.165, 1.54) is 55.3 Å². The summed E-state index contributed by atoms with van der Waals surface area (Å²) < 4.78 is 35.0. The predicted octanol–water partition coefficient (Wildman–Crippen LogP) is 2.96. The summed E-state index contributed by atoms with van der Waals surface area (Å²) in [4.78, 5) is 46.4. The normalized spacial score (nSPS) is 19.8. The Morgan fingerprint density at radius 1 is 1.13 bits per heavy atom. The van der Waals surface area contributed by atoms with E-state index in [9.17, 15) is 28.3 Å². The van der Waals surface area contributed by atoms with Crippen LogP contribution in [0.3, 0.4) is 0 Å². The van der Waals surface area contributed by atoms with Gasteiger partial charge in [-0.05, 0) is 51.4 Å². The Balaban J connectivity index is 1.16. The quantitative estimate of drug-likeness (QED) is 0.262. The van der Waals surface area contributed by atoms with Crippen molar-refractivity contribution < 1.29 is 33.0 Å². The Morgan fingerprint density at radius 2 is 1.83 bits per heavy atom. The number of hydrogen-bond acceptors (Lipinski definition) is 7. The summed E-state index contributed by atoms with van der Waals surface area (Å²) in [5.41, 5.74) is 0.606. The number of nitrogens with zero attached hydrogens (tertiary/aromatic N) is 4. The number of benzene rings is 2. The molecule has 1 aromatic heterocycles. The number of amides is 4. The summed E-state index contributed by atoms with van der Waals surface area (Å²) in [6, 6.07) is 6.33. The minimum Gasteiger partial charge on any atom is -0.494 e. The van der Waals surface area contributed by atoms with E-state index in [0.29, 0.717) is 25.3 Å². The molecular weight excluding hydrogens is 624 g/mol. The number of anilines is 1. The van der Waals surface area contributed by atoms with E-state index >= 15 is 0 Å². The maximum Gasteiger partial charge on any atom is 0.317 e. The molecule has 4 atom stereocenters. The summed E-state index contributed by atoms with van der Waals surface area (Å²) in [5.74, 6) is -3.35. The molecule has 1 aliphatic carbocycles. The summed E-state index contributed by atoms with van der Waals surface area (Å²) in [5, 5.41) is 18.7. The van der Waals surface area contributed by atoms with Crippen molar-refractivity contribution in [1.82, 2.24) is 30.0 Å². The fourth-order valence-electron chi connectivity index (χ4n) is 5.82. The first-order valence-corrected chi connectivity index (χ1v) is 15.0. The molecular formula is C31H36ClF2N7O5. The smallest absolute Gasteiger partial charge is 0.317 e. The lowest BCUT2D eigenvalue weighted by Gasteiger charge is -2.28. The number of carbonyl (C=O) groups is 3. The van der Waals surface area contributed by atoms with Crippen LogP contribution in [0.15, 0.2) is 36.5 Å². The minimum atomic E-state index is -1.15. The van der Waals surface area contributed by atoms with Crippen molar-refractivity contribution in [3.63, 3.8) is 0 Å². The molecule has 246 valence electrons. The molecule has 2 heterocycles. The van der Waals surface area contributed by atoms with E-state index in [-0.39, 0.29) is 63.2 Å². The first-order valence-electron chi connectivity index (χ1n) is 14.6. The topological polar surface area (TPSA) is 141 Å². The number of ether oxygens (including phenoxy) is 1. The van der Waals surface area contributed by atoms with Gasteiger partial charge < -0.3 is 40.2 Å². The van der Waals surface area contributed by atoms with Crippen molar-refractivity contribution >= 4 is 35.1 Å². The first kappa shape index (κ1) is 33.1. The molecule has 4 amide bonds. The van der Waals surface area contributed by atoms with Crippen LogP contribution >= 0.6 is 11.6 Å². The lowest BCUT2D eigenvalue weighted by Crippen LogP contribution is -2.52. The van der Waals surface area contributed by atoms with Gasteiger partial charge in [-0.2, -0.15) is 4.39 Å². The van der Waals surface area contributed by atoms with E-state index < -0.39 is 29.7 Å². The van der Waals surface area contributed by atoms with Crippen LogP contribution in [0.5, 0.6) is 5.75 Å². The van der Waals surface area contributed by atoms with Crippen molar-refractivity contribution in [3.8, 4) is 17.0 Å². The molecule has 3 unspecified atom stereocenters. The van der Waals surface area contributed by atoms with E-state index in [2.05, 4.69) is 20.9 Å². The van der Waals surface area contributed by atoms with Gasteiger partial charge in [-0.25, -0.2) is 14.2 Å². The van der Waals surface area contributed by atoms with Crippen molar-refractivity contribution in [2.75, 3.05) is 46.2 Å². The zero-order valence-corrected chi connectivity index (χ0v) is 26.7.